The van der Waals surface area contributed by atoms with Crippen molar-refractivity contribution in [1.29, 1.82) is 0 Å². The van der Waals surface area contributed by atoms with Crippen LogP contribution in [0, 0.1) is 0 Å². The van der Waals surface area contributed by atoms with E-state index in [-0.39, 0.29) is 5.43 Å². The lowest BCUT2D eigenvalue weighted by Crippen LogP contribution is -2.74. The fraction of sp³-hybridized carbons (Fsp3) is 0. The van der Waals surface area contributed by atoms with E-state index in [0.717, 1.165) is 38.6 Å². The Bertz CT molecular complexity index is 2860. The Balaban J connectivity index is 1.16. The van der Waals surface area contributed by atoms with Crippen molar-refractivity contribution < 1.29 is 8.83 Å². The molecule has 0 N–H and O–H groups in total. The molecule has 0 bridgehead atoms. The highest BCUT2D eigenvalue weighted by Gasteiger charge is 2.41. The van der Waals surface area contributed by atoms with Gasteiger partial charge < -0.3 is 13.7 Å². The first-order valence-electron chi connectivity index (χ1n) is 18.1. The van der Waals surface area contributed by atoms with E-state index >= 15 is 0 Å². The largest absolute Gasteiger partial charge is 0.456 e. The van der Waals surface area contributed by atoms with Crippen LogP contribution < -0.4 is 31.1 Å². The number of benzene rings is 8. The third kappa shape index (κ3) is 5.09. The summed E-state index contributed by atoms with van der Waals surface area (Å²) < 4.78 is 13.3. The Morgan fingerprint density at radius 3 is 1.31 bits per heavy atom. The van der Waals surface area contributed by atoms with Crippen molar-refractivity contribution in [2.24, 2.45) is 0 Å². The normalized spacial score (nSPS) is 11.8. The molecule has 4 nitrogen and oxygen atoms in total. The summed E-state index contributed by atoms with van der Waals surface area (Å²) >= 11 is 0. The van der Waals surface area contributed by atoms with E-state index in [1.54, 1.807) is 0 Å². The smallest absolute Gasteiger partial charge is 0.200 e. The van der Waals surface area contributed by atoms with E-state index in [0.29, 0.717) is 27.5 Å². The van der Waals surface area contributed by atoms with E-state index < -0.39 is 8.07 Å². The van der Waals surface area contributed by atoms with Crippen LogP contribution in [-0.2, 0) is 0 Å². The Kier molecular flexibility index (Phi) is 7.60. The lowest BCUT2D eigenvalue weighted by molar-refractivity contribution is 0.651. The van der Waals surface area contributed by atoms with Crippen LogP contribution in [0.1, 0.15) is 0 Å². The SMILES string of the molecule is O=c1c2ccc([Si](c3ccccc3)(c3ccccc3)c3ccccc3)cc2oc2cc3oc4cc(N(c5ccccc5)c5ccccc5)ccc4c3cc12. The molecule has 0 radical (unpaired) electrons. The van der Waals surface area contributed by atoms with Gasteiger partial charge in [0, 0.05) is 40.0 Å². The van der Waals surface area contributed by atoms with Gasteiger partial charge in [-0.15, -0.1) is 0 Å². The van der Waals surface area contributed by atoms with Gasteiger partial charge in [-0.3, -0.25) is 4.79 Å². The van der Waals surface area contributed by atoms with Crippen molar-refractivity contribution in [2.75, 3.05) is 4.90 Å². The highest BCUT2D eigenvalue weighted by atomic mass is 28.3. The van der Waals surface area contributed by atoms with Gasteiger partial charge in [-0.2, -0.15) is 0 Å². The van der Waals surface area contributed by atoms with Crippen molar-refractivity contribution in [3.05, 3.63) is 210 Å². The maximum absolute atomic E-state index is 14.3. The summed E-state index contributed by atoms with van der Waals surface area (Å²) in [5.41, 5.74) is 5.46. The zero-order chi connectivity index (χ0) is 36.1. The molecule has 0 amide bonds. The fourth-order valence-corrected chi connectivity index (χ4v) is 12.9. The van der Waals surface area contributed by atoms with Gasteiger partial charge in [-0.1, -0.05) is 133 Å². The lowest BCUT2D eigenvalue weighted by Gasteiger charge is -2.34. The monoisotopic (exact) mass is 711 g/mol. The number of rotatable bonds is 7. The number of furan rings is 1. The summed E-state index contributed by atoms with van der Waals surface area (Å²) in [5, 5.41) is 7.81. The van der Waals surface area contributed by atoms with Gasteiger partial charge in [-0.25, -0.2) is 0 Å². The first kappa shape index (κ1) is 31.8. The number of fused-ring (bicyclic) bond motifs is 5. The summed E-state index contributed by atoms with van der Waals surface area (Å²) in [4.78, 5) is 16.5. The van der Waals surface area contributed by atoms with Gasteiger partial charge in [0.05, 0.1) is 10.8 Å². The number of anilines is 3. The maximum Gasteiger partial charge on any atom is 0.200 e. The number of hydrogen-bond donors (Lipinski definition) is 0. The molecule has 256 valence electrons. The van der Waals surface area contributed by atoms with Gasteiger partial charge in [0.25, 0.3) is 0 Å². The third-order valence-corrected chi connectivity index (χ3v) is 15.4. The molecule has 0 atom stereocenters. The predicted octanol–water partition coefficient (Wildman–Crippen LogP) is 9.69. The van der Waals surface area contributed by atoms with Gasteiger partial charge in [-0.05, 0) is 75.3 Å². The minimum absolute atomic E-state index is 0.0589. The zero-order valence-corrected chi connectivity index (χ0v) is 30.2. The minimum Gasteiger partial charge on any atom is -0.456 e. The van der Waals surface area contributed by atoms with Crippen molar-refractivity contribution in [2.45, 2.75) is 0 Å². The quantitative estimate of drug-likeness (QED) is 0.0939. The molecule has 0 spiro atoms. The second-order valence-corrected chi connectivity index (χ2v) is 17.4. The molecule has 2 heterocycles. The summed E-state index contributed by atoms with van der Waals surface area (Å²) in [6, 6.07) is 69.1. The summed E-state index contributed by atoms with van der Waals surface area (Å²) in [6.45, 7) is 0. The van der Waals surface area contributed by atoms with Crippen LogP contribution in [0.25, 0.3) is 43.9 Å². The minimum atomic E-state index is -2.82. The molecule has 54 heavy (non-hydrogen) atoms. The molecule has 0 aliphatic carbocycles. The van der Waals surface area contributed by atoms with Gasteiger partial charge >= 0.3 is 0 Å². The Labute approximate surface area is 312 Å². The van der Waals surface area contributed by atoms with Crippen LogP contribution in [0.3, 0.4) is 0 Å². The second-order valence-electron chi connectivity index (χ2n) is 13.6. The van der Waals surface area contributed by atoms with Crippen molar-refractivity contribution in [3.63, 3.8) is 0 Å². The molecule has 0 saturated carbocycles. The van der Waals surface area contributed by atoms with Crippen LogP contribution >= 0.6 is 0 Å². The highest BCUT2D eigenvalue weighted by molar-refractivity contribution is 7.20. The predicted molar refractivity (Wildman–Crippen MR) is 226 cm³/mol. The molecule has 5 heteroatoms. The number of hydrogen-bond acceptors (Lipinski definition) is 4. The molecular weight excluding hydrogens is 679 g/mol. The molecule has 0 aliphatic heterocycles. The number of nitrogens with zero attached hydrogens (tertiary/aromatic N) is 1. The van der Waals surface area contributed by atoms with E-state index in [1.165, 1.54) is 15.6 Å². The standard InChI is InChI=1S/C49H33NO3Si/c51-49-42-29-27-40(54(37-20-10-3-11-21-37,38-22-12-4-13-23-38)39-24-14-5-15-25-39)31-46(42)53-48-33-47-43(32-44(48)49)41-28-26-36(30-45(41)52-47)50(34-16-6-1-7-17-34)35-18-8-2-9-19-35/h1-33H. The average Bonchev–Trinajstić information content (AvgIpc) is 3.59. The average molecular weight is 712 g/mol. The molecule has 0 saturated heterocycles. The first-order chi connectivity index (χ1) is 26.7. The maximum atomic E-state index is 14.3. The molecule has 10 aromatic rings. The Morgan fingerprint density at radius 2 is 0.778 bits per heavy atom. The highest BCUT2D eigenvalue weighted by Crippen LogP contribution is 2.39. The zero-order valence-electron chi connectivity index (χ0n) is 29.2. The summed E-state index contributed by atoms with van der Waals surface area (Å²) in [6.07, 6.45) is 0. The molecule has 8 aromatic carbocycles. The molecule has 0 aliphatic rings. The van der Waals surface area contributed by atoms with E-state index in [4.69, 9.17) is 8.83 Å². The second kappa shape index (κ2) is 12.9. The summed E-state index contributed by atoms with van der Waals surface area (Å²) in [5.74, 6) is 0. The van der Waals surface area contributed by atoms with Crippen LogP contribution in [0.15, 0.2) is 214 Å². The summed E-state index contributed by atoms with van der Waals surface area (Å²) in [7, 11) is -2.82. The van der Waals surface area contributed by atoms with Gasteiger partial charge in [0.15, 0.2) is 8.07 Å². The Morgan fingerprint density at radius 1 is 0.333 bits per heavy atom. The Hall–Kier alpha value is -6.95. The number of para-hydroxylation sites is 2. The van der Waals surface area contributed by atoms with Crippen molar-refractivity contribution >= 4 is 89.8 Å². The van der Waals surface area contributed by atoms with Crippen LogP contribution in [0.5, 0.6) is 0 Å². The molecule has 10 rings (SSSR count). The van der Waals surface area contributed by atoms with Crippen LogP contribution in [0.4, 0.5) is 17.1 Å². The van der Waals surface area contributed by atoms with Crippen molar-refractivity contribution in [1.82, 2.24) is 0 Å². The third-order valence-electron chi connectivity index (χ3n) is 10.6. The van der Waals surface area contributed by atoms with Crippen LogP contribution in [-0.4, -0.2) is 8.07 Å². The molecular formula is C49H33NO3Si. The van der Waals surface area contributed by atoms with E-state index in [9.17, 15) is 4.79 Å². The molecule has 2 aromatic heterocycles. The van der Waals surface area contributed by atoms with Gasteiger partial charge in [0.2, 0.25) is 5.43 Å². The van der Waals surface area contributed by atoms with E-state index in [1.807, 2.05) is 54.6 Å². The topological polar surface area (TPSA) is 46.6 Å². The van der Waals surface area contributed by atoms with E-state index in [2.05, 4.69) is 150 Å². The van der Waals surface area contributed by atoms with Gasteiger partial charge in [0.1, 0.15) is 22.3 Å². The first-order valence-corrected chi connectivity index (χ1v) is 20.1. The fourth-order valence-electron chi connectivity index (χ4n) is 8.15. The molecule has 0 unspecified atom stereocenters. The van der Waals surface area contributed by atoms with Crippen molar-refractivity contribution in [3.8, 4) is 0 Å². The van der Waals surface area contributed by atoms with Crippen LogP contribution in [0.2, 0.25) is 0 Å². The molecule has 0 fully saturated rings. The lowest BCUT2D eigenvalue weighted by atomic mass is 10.1.